The van der Waals surface area contributed by atoms with Crippen molar-refractivity contribution in [2.24, 2.45) is 0 Å². The molecule has 15 aromatic rings. The van der Waals surface area contributed by atoms with E-state index in [2.05, 4.69) is 185 Å². The number of unbranched alkanes of at least 4 members (excludes halogenated alkanes) is 4. The molecule has 0 fully saturated rings. The van der Waals surface area contributed by atoms with Crippen molar-refractivity contribution in [2.45, 2.75) is 231 Å². The zero-order valence-electron chi connectivity index (χ0n) is 69.7. The van der Waals surface area contributed by atoms with Crippen LogP contribution in [0.1, 0.15) is 139 Å². The number of rotatable bonds is 29. The van der Waals surface area contributed by atoms with Gasteiger partial charge in [0.15, 0.2) is 99.0 Å². The molecule has 3 atom stereocenters. The molecule has 10 N–H and O–H groups in total. The van der Waals surface area contributed by atoms with Gasteiger partial charge < -0.3 is 50.0 Å². The molecule has 25 nitrogen and oxygen atoms in total. The summed E-state index contributed by atoms with van der Waals surface area (Å²) in [5, 5.41) is 23.6. The van der Waals surface area contributed by atoms with Gasteiger partial charge >= 0.3 is 0 Å². The molecule has 0 spiro atoms. The van der Waals surface area contributed by atoms with E-state index in [1.54, 1.807) is 47.9 Å². The number of terminal acetylenes is 2. The van der Waals surface area contributed by atoms with Gasteiger partial charge in [-0.05, 0) is 218 Å². The fourth-order valence-electron chi connectivity index (χ4n) is 13.1. The Morgan fingerprint density at radius 1 is 0.411 bits per heavy atom. The Kier molecular flexibility index (Phi) is 35.6. The van der Waals surface area contributed by atoms with E-state index in [9.17, 15) is 0 Å². The minimum absolute atomic E-state index is 0.191. The summed E-state index contributed by atoms with van der Waals surface area (Å²) in [6.07, 6.45) is 30.1. The molecule has 37 heteroatoms. The summed E-state index contributed by atoms with van der Waals surface area (Å²) in [5.41, 5.74) is 30.9. The molecule has 0 aliphatic rings. The van der Waals surface area contributed by atoms with E-state index in [0.717, 1.165) is 220 Å². The van der Waals surface area contributed by atoms with Crippen LogP contribution < -0.4 is 28.2 Å². The first-order chi connectivity index (χ1) is 59.5. The van der Waals surface area contributed by atoms with Crippen LogP contribution in [0, 0.1) is 70.1 Å². The van der Waals surface area contributed by atoms with Gasteiger partial charge in [-0.25, -0.2) is 64.8 Å². The lowest BCUT2D eigenvalue weighted by Gasteiger charge is -2.16. The number of fused-ring (bicyclic) bond motifs is 5. The molecule has 0 saturated carbocycles. The average molecular weight is 1990 g/mol. The first kappa shape index (κ1) is 95.8. The summed E-state index contributed by atoms with van der Waals surface area (Å²) in [7, 11) is 0. The molecule has 0 bridgehead atoms. The molecule has 646 valence electrons. The van der Waals surface area contributed by atoms with Crippen molar-refractivity contribution >= 4 is 222 Å². The monoisotopic (exact) mass is 1980 g/mol. The highest BCUT2D eigenvalue weighted by Crippen LogP contribution is 2.39. The Bertz CT molecular complexity index is 6350. The van der Waals surface area contributed by atoms with Gasteiger partial charge in [0.2, 0.25) is 0 Å². The van der Waals surface area contributed by atoms with Crippen molar-refractivity contribution < 1.29 is 0 Å². The Labute approximate surface area is 783 Å². The number of benzene rings is 5. The largest absolute Gasteiger partial charge is 0.382 e. The summed E-state index contributed by atoms with van der Waals surface area (Å²) in [6.45, 7) is 21.9. The molecule has 10 aromatic heterocycles. The van der Waals surface area contributed by atoms with Gasteiger partial charge in [-0.2, -0.15) is 0 Å². The molecule has 0 saturated heterocycles. The van der Waals surface area contributed by atoms with Gasteiger partial charge in [-0.3, -0.25) is 10.8 Å². The lowest BCUT2D eigenvalue weighted by Crippen LogP contribution is -2.13. The van der Waals surface area contributed by atoms with Gasteiger partial charge in [0, 0.05) is 104 Å². The van der Waals surface area contributed by atoms with E-state index in [4.69, 9.17) is 104 Å². The van der Waals surface area contributed by atoms with Crippen LogP contribution >= 0.6 is 149 Å². The highest BCUT2D eigenvalue weighted by atomic mass is 79.9. The number of alkyl halides is 2. The third-order valence-corrected chi connectivity index (χ3v) is 25.3. The van der Waals surface area contributed by atoms with Crippen LogP contribution in [0.15, 0.2) is 173 Å². The Balaban J connectivity index is 0.000000151. The van der Waals surface area contributed by atoms with Crippen molar-refractivity contribution in [1.29, 1.82) is 10.8 Å². The molecular formula is C87H94Br2Cl5N25S5. The second-order valence-electron chi connectivity index (χ2n) is 29.3. The Morgan fingerprint density at radius 3 is 1.11 bits per heavy atom. The Hall–Kier alpha value is -8.87. The fourth-order valence-corrected chi connectivity index (χ4v) is 20.7. The number of nitrogen functional groups attached to an aromatic ring is 3. The zero-order chi connectivity index (χ0) is 88.8. The first-order valence-corrected chi connectivity index (χ1v) is 47.6. The molecule has 0 radical (unpaired) electrons. The van der Waals surface area contributed by atoms with Crippen LogP contribution in [-0.2, 0) is 26.2 Å². The van der Waals surface area contributed by atoms with Crippen molar-refractivity contribution in [2.75, 3.05) is 17.2 Å². The van der Waals surface area contributed by atoms with E-state index in [1.165, 1.54) is 42.5 Å². The molecule has 15 rings (SSSR count). The quantitative estimate of drug-likeness (QED) is 0.0130. The van der Waals surface area contributed by atoms with Crippen LogP contribution in [0.5, 0.6) is 0 Å². The molecule has 10 heterocycles. The number of aromatic nitrogens is 20. The summed E-state index contributed by atoms with van der Waals surface area (Å²) < 4.78 is 10.3. The zero-order valence-corrected chi connectivity index (χ0v) is 80.8. The summed E-state index contributed by atoms with van der Waals surface area (Å²) in [5.74, 6) is 6.52. The van der Waals surface area contributed by atoms with Gasteiger partial charge in [-0.15, -0.1) is 24.7 Å². The second kappa shape index (κ2) is 46.0. The highest BCUT2D eigenvalue weighted by molar-refractivity contribution is 9.09. The lowest BCUT2D eigenvalue weighted by atomic mass is 10.2. The number of nitrogens with two attached hydrogens (primary N) is 3. The number of anilines is 3. The maximum atomic E-state index is 8.03. The lowest BCUT2D eigenvalue weighted by molar-refractivity contribution is 0.477. The molecule has 0 aliphatic heterocycles. The second-order valence-corrected chi connectivity index (χ2v) is 39.9. The normalized spacial score (nSPS) is 12.0. The molecule has 124 heavy (non-hydrogen) atoms. The number of halogens is 7. The Morgan fingerprint density at radius 2 is 0.742 bits per heavy atom. The highest BCUT2D eigenvalue weighted by Gasteiger charge is 2.23. The third-order valence-electron chi connectivity index (χ3n) is 18.7. The number of aromatic amines is 2. The summed E-state index contributed by atoms with van der Waals surface area (Å²) in [4.78, 5) is 69.6. The van der Waals surface area contributed by atoms with Gasteiger partial charge in [0.25, 0.3) is 0 Å². The van der Waals surface area contributed by atoms with E-state index in [0.29, 0.717) is 69.8 Å². The predicted octanol–water partition coefficient (Wildman–Crippen LogP) is 23.4. The van der Waals surface area contributed by atoms with E-state index < -0.39 is 0 Å². The SMILES string of the molecule is C#CCCCCn1c(Sc2cc(C)cc(Cl)c2)nc2c(N)ncnc21.C#CCCCCn1cnc(=N)c2[nH]c(Sc3cc(C)cc(Cl)c3)nc21.CCCC(C)n1c(Sc2cc(C)cc(Cl)c2)nc2c(N)ncnc21.Cc1cc(Cl)cc(Sc2nc3c(N)ncnc3n2CCCC(C)Br)c1.Cc1cc(Cl)cc(Sc2nc3c([nH]2)c(=N)ncn3CCCC(C)Br)c1. The number of hydrogen-bond donors (Lipinski definition) is 7. The fraction of sp³-hybridized carbons (Fsp3) is 0.322. The van der Waals surface area contributed by atoms with Gasteiger partial charge in [0.1, 0.15) is 30.0 Å². The topological polar surface area (TPSA) is 350 Å². The van der Waals surface area contributed by atoms with Crippen molar-refractivity contribution in [3.05, 3.63) is 187 Å². The minimum atomic E-state index is 0.191. The number of nitrogens with one attached hydrogen (secondary N) is 4. The minimum Gasteiger partial charge on any atom is -0.382 e. The van der Waals surface area contributed by atoms with Crippen LogP contribution in [0.2, 0.25) is 25.1 Å². The van der Waals surface area contributed by atoms with Crippen LogP contribution in [0.3, 0.4) is 0 Å². The molecular weight excluding hydrogens is 1890 g/mol. The van der Waals surface area contributed by atoms with Gasteiger partial charge in [0.05, 0.1) is 12.7 Å². The molecule has 3 unspecified atom stereocenters. The average Bonchev–Trinajstić information content (AvgIpc) is 1.65. The van der Waals surface area contributed by atoms with E-state index in [1.807, 2.05) is 104 Å². The van der Waals surface area contributed by atoms with Gasteiger partial charge in [-0.1, -0.05) is 176 Å². The third kappa shape index (κ3) is 26.9. The number of hydrogen-bond acceptors (Lipinski definition) is 23. The molecule has 0 aliphatic carbocycles. The van der Waals surface area contributed by atoms with Crippen molar-refractivity contribution in [3.8, 4) is 24.7 Å². The van der Waals surface area contributed by atoms with Crippen LogP contribution in [0.4, 0.5) is 17.5 Å². The first-order valence-electron chi connectivity index (χ1n) is 39.8. The van der Waals surface area contributed by atoms with Crippen molar-refractivity contribution in [1.82, 2.24) is 97.6 Å². The van der Waals surface area contributed by atoms with E-state index in [-0.39, 0.29) is 17.0 Å². The maximum Gasteiger partial charge on any atom is 0.175 e. The number of aryl methyl sites for hydroxylation is 9. The number of nitrogens with zero attached hydrogens (tertiary/aromatic N) is 18. The smallest absolute Gasteiger partial charge is 0.175 e. The summed E-state index contributed by atoms with van der Waals surface area (Å²) >= 11 is 45.7. The van der Waals surface area contributed by atoms with Crippen LogP contribution in [0.25, 0.3) is 55.8 Å². The molecule has 0 amide bonds. The number of imidazole rings is 5. The van der Waals surface area contributed by atoms with Crippen molar-refractivity contribution in [3.63, 3.8) is 0 Å². The van der Waals surface area contributed by atoms with E-state index >= 15 is 0 Å². The predicted molar refractivity (Wildman–Crippen MR) is 516 cm³/mol. The molecule has 5 aromatic carbocycles. The maximum absolute atomic E-state index is 8.03. The summed E-state index contributed by atoms with van der Waals surface area (Å²) in [6, 6.07) is 29.9. The van der Waals surface area contributed by atoms with Crippen LogP contribution in [-0.4, -0.2) is 107 Å². The standard InChI is InChI=1S/2C18H18ClN5S.2C17H19BrClN5S.C17H20ClN5S/c1-3-4-5-6-7-24-11-21-16(20)15-17(24)23-18(22-15)25-14-9-12(2)8-13(19)10-14;1-3-4-5-6-7-24-17-15(16(20)21-11-22-17)23-18(24)25-14-9-12(2)8-13(19)10-14;1-10-6-12(19)8-13(7-10)25-17-22-14-15(20)21-9-24(16(14)23-17)5-3-4-11(2)18;1-10-6-12(19)8-13(7-10)25-17-23-14-15(20)21-9-22-16(14)24(17)5-3-4-11(2)18;1-4-5-11(3)23-16-14(15(19)20-9-21-16)22-17(23)24-13-7-10(2)6-12(18)8-13/h1,8-11,20H,4-7H2,2H3,(H,22,23);1,8-11H,4-7H2,2H3,(H2,20,21,22);6-9,11,20H,3-5H2,1-2H3,(H,22,23);6-9,11H,3-5H2,1-2H3,(H2,20,21,22);6-9,11H,4-5H2,1-3H3,(H2,19,20,21). The number of H-pyrrole nitrogens is 2.